The first kappa shape index (κ1) is 24.5. The van der Waals surface area contributed by atoms with E-state index in [1.54, 1.807) is 19.2 Å². The van der Waals surface area contributed by atoms with E-state index in [9.17, 15) is 19.9 Å². The third kappa shape index (κ3) is 5.53. The molecule has 0 radical (unpaired) electrons. The maximum absolute atomic E-state index is 11.8. The van der Waals surface area contributed by atoms with Crippen molar-refractivity contribution in [2.24, 2.45) is 11.1 Å². The highest BCUT2D eigenvalue weighted by molar-refractivity contribution is 6.00. The quantitative estimate of drug-likeness (QED) is 0.231. The van der Waals surface area contributed by atoms with Crippen molar-refractivity contribution in [3.05, 3.63) is 105 Å². The summed E-state index contributed by atoms with van der Waals surface area (Å²) in [6.07, 6.45) is 5.30. The average molecular weight is 473 g/mol. The Morgan fingerprint density at radius 1 is 1.03 bits per heavy atom. The number of carboxylic acids is 1. The van der Waals surface area contributed by atoms with Crippen LogP contribution in [0.15, 0.2) is 70.7 Å². The fourth-order valence-electron chi connectivity index (χ4n) is 5.23. The predicted octanol–water partition coefficient (Wildman–Crippen LogP) is 5.75. The van der Waals surface area contributed by atoms with Crippen LogP contribution in [-0.4, -0.2) is 27.0 Å². The van der Waals surface area contributed by atoms with E-state index in [2.05, 4.69) is 53.5 Å². The zero-order valence-corrected chi connectivity index (χ0v) is 20.2. The molecular formula is C29H32N2O4. The maximum atomic E-state index is 11.8. The number of nitrogens with zero attached hydrogens (tertiary/aromatic N) is 1. The van der Waals surface area contributed by atoms with Crippen molar-refractivity contribution in [1.82, 2.24) is 4.98 Å². The largest absolute Gasteiger partial charge is 0.481 e. The van der Waals surface area contributed by atoms with Crippen LogP contribution in [0.2, 0.25) is 0 Å². The molecule has 182 valence electrons. The van der Waals surface area contributed by atoms with Crippen molar-refractivity contribution < 1.29 is 15.1 Å². The average Bonchev–Trinajstić information content (AvgIpc) is 2.87. The van der Waals surface area contributed by atoms with E-state index in [0.717, 1.165) is 42.4 Å². The van der Waals surface area contributed by atoms with E-state index in [-0.39, 0.29) is 17.4 Å². The molecule has 0 bridgehead atoms. The summed E-state index contributed by atoms with van der Waals surface area (Å²) in [6, 6.07) is 18.6. The summed E-state index contributed by atoms with van der Waals surface area (Å²) in [7, 11) is 0. The first-order valence-corrected chi connectivity index (χ1v) is 12.2. The minimum absolute atomic E-state index is 0.0360. The Kier molecular flexibility index (Phi) is 7.49. The second kappa shape index (κ2) is 10.7. The van der Waals surface area contributed by atoms with Gasteiger partial charge in [0.25, 0.3) is 5.56 Å². The summed E-state index contributed by atoms with van der Waals surface area (Å²) in [4.78, 5) is 25.8. The van der Waals surface area contributed by atoms with E-state index in [4.69, 9.17) is 0 Å². The molecule has 3 N–H and O–H groups in total. The van der Waals surface area contributed by atoms with Crippen LogP contribution in [0.1, 0.15) is 77.3 Å². The highest BCUT2D eigenvalue weighted by Gasteiger charge is 2.27. The molecule has 0 aliphatic heterocycles. The van der Waals surface area contributed by atoms with Gasteiger partial charge in [-0.2, -0.15) is 0 Å². The van der Waals surface area contributed by atoms with Crippen molar-refractivity contribution in [3.8, 4) is 0 Å². The number of hydrogen-bond donors (Lipinski definition) is 3. The second-order valence-corrected chi connectivity index (χ2v) is 9.61. The van der Waals surface area contributed by atoms with E-state index in [0.29, 0.717) is 29.2 Å². The monoisotopic (exact) mass is 472 g/mol. The summed E-state index contributed by atoms with van der Waals surface area (Å²) < 4.78 is 0. The Balaban J connectivity index is 1.62. The summed E-state index contributed by atoms with van der Waals surface area (Å²) in [5, 5.41) is 22.8. The molecule has 3 aromatic rings. The molecule has 0 saturated heterocycles. The number of oxime groups is 1. The Morgan fingerprint density at radius 2 is 1.71 bits per heavy atom. The summed E-state index contributed by atoms with van der Waals surface area (Å²) in [5.74, 6) is -0.552. The van der Waals surface area contributed by atoms with Crippen LogP contribution >= 0.6 is 0 Å². The first-order chi connectivity index (χ1) is 16.9. The summed E-state index contributed by atoms with van der Waals surface area (Å²) in [6.45, 7) is 3.82. The molecule has 2 aromatic carbocycles. The van der Waals surface area contributed by atoms with Crippen LogP contribution in [0.4, 0.5) is 0 Å². The van der Waals surface area contributed by atoms with Gasteiger partial charge < -0.3 is 15.3 Å². The topological polar surface area (TPSA) is 103 Å². The molecule has 6 heteroatoms. The van der Waals surface area contributed by atoms with Crippen LogP contribution in [0.5, 0.6) is 0 Å². The minimum Gasteiger partial charge on any atom is -0.481 e. The lowest BCUT2D eigenvalue weighted by Crippen LogP contribution is -2.20. The van der Waals surface area contributed by atoms with Gasteiger partial charge in [-0.1, -0.05) is 53.7 Å². The van der Waals surface area contributed by atoms with Crippen molar-refractivity contribution in [1.29, 1.82) is 0 Å². The second-order valence-electron chi connectivity index (χ2n) is 9.61. The third-order valence-corrected chi connectivity index (χ3v) is 7.39. The van der Waals surface area contributed by atoms with Crippen molar-refractivity contribution in [3.63, 3.8) is 0 Å². The molecule has 0 unspecified atom stereocenters. The number of rotatable bonds is 7. The van der Waals surface area contributed by atoms with Gasteiger partial charge in [0.05, 0.1) is 11.6 Å². The number of carbonyl (C=O) groups is 1. The van der Waals surface area contributed by atoms with E-state index < -0.39 is 5.97 Å². The van der Waals surface area contributed by atoms with E-state index >= 15 is 0 Å². The zero-order valence-electron chi connectivity index (χ0n) is 20.2. The fraction of sp³-hybridized carbons (Fsp3) is 0.345. The third-order valence-electron chi connectivity index (χ3n) is 7.39. The van der Waals surface area contributed by atoms with Gasteiger partial charge in [0.15, 0.2) is 0 Å². The highest BCUT2D eigenvalue weighted by atomic mass is 16.4. The molecular weight excluding hydrogens is 440 g/mol. The minimum atomic E-state index is -0.682. The molecule has 1 fully saturated rings. The number of aromatic amines is 1. The number of H-pyrrole nitrogens is 1. The van der Waals surface area contributed by atoms with Crippen LogP contribution in [0.25, 0.3) is 0 Å². The van der Waals surface area contributed by atoms with E-state index in [1.807, 2.05) is 12.1 Å². The van der Waals surface area contributed by atoms with Crippen LogP contribution in [0, 0.1) is 19.8 Å². The van der Waals surface area contributed by atoms with Crippen molar-refractivity contribution >= 4 is 11.7 Å². The Labute approximate surface area is 205 Å². The standard InChI is InChI=1S/C29H32N2O4/c1-18-5-3-4-6-25(18)26(16-27(31-35)24-15-19(2)28(32)30-17-24)22-11-7-20(8-12-22)21-9-13-23(14-10-21)29(33)34/h3-8,11-12,15,17,21,23,26,35H,9-10,13-14,16H2,1-2H3,(H,30,32)(H,33,34)/b31-27+/t21-,23+,26-/m0/s1. The van der Waals surface area contributed by atoms with Gasteiger partial charge in [0, 0.05) is 29.7 Å². The predicted molar refractivity (Wildman–Crippen MR) is 137 cm³/mol. The number of hydrogen-bond acceptors (Lipinski definition) is 4. The lowest BCUT2D eigenvalue weighted by atomic mass is 9.78. The highest BCUT2D eigenvalue weighted by Crippen LogP contribution is 2.37. The van der Waals surface area contributed by atoms with Gasteiger partial charge in [0.2, 0.25) is 0 Å². The number of aromatic nitrogens is 1. The lowest BCUT2D eigenvalue weighted by Gasteiger charge is -2.27. The van der Waals surface area contributed by atoms with Crippen LogP contribution < -0.4 is 5.56 Å². The molecule has 1 saturated carbocycles. The smallest absolute Gasteiger partial charge is 0.306 e. The Hall–Kier alpha value is -3.67. The normalized spacial score (nSPS) is 19.3. The van der Waals surface area contributed by atoms with Crippen molar-refractivity contribution in [2.75, 3.05) is 0 Å². The SMILES string of the molecule is Cc1ccccc1[C@@H](C/C(=N\O)c1c[nH]c(=O)c(C)c1)c1ccc([C@H]2CC[C@@H](C(=O)O)CC2)cc1. The zero-order chi connectivity index (χ0) is 24.9. The fourth-order valence-corrected chi connectivity index (χ4v) is 5.23. The summed E-state index contributed by atoms with van der Waals surface area (Å²) >= 11 is 0. The Morgan fingerprint density at radius 3 is 2.31 bits per heavy atom. The number of aryl methyl sites for hydroxylation is 2. The molecule has 0 spiro atoms. The number of nitrogens with one attached hydrogen (secondary N) is 1. The molecule has 0 amide bonds. The van der Waals surface area contributed by atoms with Gasteiger partial charge in [0.1, 0.15) is 0 Å². The van der Waals surface area contributed by atoms with Gasteiger partial charge >= 0.3 is 5.97 Å². The lowest BCUT2D eigenvalue weighted by molar-refractivity contribution is -0.142. The molecule has 1 aromatic heterocycles. The van der Waals surface area contributed by atoms with Crippen LogP contribution in [-0.2, 0) is 4.79 Å². The molecule has 1 aliphatic rings. The number of aliphatic carboxylic acids is 1. The van der Waals surface area contributed by atoms with Gasteiger partial charge in [-0.05, 0) is 73.8 Å². The van der Waals surface area contributed by atoms with Gasteiger partial charge in [-0.15, -0.1) is 0 Å². The molecule has 35 heavy (non-hydrogen) atoms. The first-order valence-electron chi connectivity index (χ1n) is 12.2. The van der Waals surface area contributed by atoms with Crippen molar-refractivity contribution in [2.45, 2.75) is 57.8 Å². The molecule has 1 aliphatic carbocycles. The molecule has 1 heterocycles. The molecule has 4 rings (SSSR count). The molecule has 6 nitrogen and oxygen atoms in total. The Bertz CT molecular complexity index is 1270. The van der Waals surface area contributed by atoms with Gasteiger partial charge in [-0.25, -0.2) is 0 Å². The number of carboxylic acid groups (broad SMARTS) is 1. The maximum Gasteiger partial charge on any atom is 0.306 e. The molecule has 1 atom stereocenters. The summed E-state index contributed by atoms with van der Waals surface area (Å²) in [5.41, 5.74) is 6.28. The number of pyridine rings is 1. The van der Waals surface area contributed by atoms with Crippen LogP contribution in [0.3, 0.4) is 0 Å². The van der Waals surface area contributed by atoms with Gasteiger partial charge in [-0.3, -0.25) is 9.59 Å². The number of benzene rings is 2. The van der Waals surface area contributed by atoms with E-state index in [1.165, 1.54) is 5.56 Å².